The Bertz CT molecular complexity index is 4290. The summed E-state index contributed by atoms with van der Waals surface area (Å²) in [7, 11) is -3.20. The lowest BCUT2D eigenvalue weighted by Crippen LogP contribution is -2.56. The SMILES string of the molecule is CC[C@@H](C)Nc1cc(C)c(-c2sc(C(=O)N[C@H](C)CO)nc2C(=O)N2CC(F)(F)C[C@@H]2C)cn1.Cc1cc(NC(C)C)ncc1-c1sc(C(=O)N2CC(S(C)(=O)=O)C2)nc1C(=O)N1CCC[C@@H]1C.Cc1cc(N[C@H](C)C2CC2)ncc1-c1sc(C(=O)N[C@H]2CCC[C@@H]2O)nc1C(=O)N1C2CCC1CC2. The maximum Gasteiger partial charge on any atom is 0.282 e. The second kappa shape index (κ2) is 32.2. The third kappa shape index (κ3) is 17.5. The Balaban J connectivity index is 0.000000156. The molecule has 7 fully saturated rings. The standard InChI is InChI=1S/C27H35N5O3S.C23H31F2N5O3S.C23H31N5O4S2/c1-14-12-22(29-15(2)16-6-7-16)28-13-19(14)24-23(27(35)32-17-8-9-18(32)11-10-17)31-26(36-24)25(34)30-20-4-3-5-21(20)33;1-6-13(3)27-17-7-12(2)16(9-26-17)19-18(22(33)30-11-23(24,25)8-15(30)5)29-21(34-19)20(32)28-14(4)10-31;1-13(2)25-18-9-14(3)17(10-24-18)20-19(22(29)28-8-6-7-15(28)4)26-21(33-20)23(30)27-11-16(12-27)34(5,31)32/h12-13,15-18,20-21,33H,3-11H2,1-2H3,(H,28,29)(H,30,34);7,9,13-15,31H,6,8,10-11H2,1-5H3,(H,26,27)(H,28,32);9-10,13,15-16H,6-8,11-12H2,1-5H3,(H,24,25)/t15-,17?,18?,20+,21+;13-,14-,15+;15-/m110/s1. The van der Waals surface area contributed by atoms with E-state index in [1.807, 2.05) is 82.7 Å². The smallest absolute Gasteiger partial charge is 0.282 e. The van der Waals surface area contributed by atoms with Crippen molar-refractivity contribution in [3.05, 3.63) is 85.6 Å². The third-order valence-electron chi connectivity index (χ3n) is 20.8. The molecule has 562 valence electrons. The molecule has 104 heavy (non-hydrogen) atoms. The number of sulfone groups is 1. The van der Waals surface area contributed by atoms with Gasteiger partial charge in [0.05, 0.1) is 45.2 Å². The summed E-state index contributed by atoms with van der Waals surface area (Å²) in [6, 6.07) is 5.86. The van der Waals surface area contributed by atoms with Crippen LogP contribution in [0, 0.1) is 26.7 Å². The molecular weight excluding hydrogens is 1410 g/mol. The van der Waals surface area contributed by atoms with Crippen LogP contribution in [0.25, 0.3) is 31.3 Å². The number of aliphatic hydroxyl groups is 2. The summed E-state index contributed by atoms with van der Waals surface area (Å²) in [5, 5.41) is 35.0. The molecule has 0 unspecified atom stereocenters. The van der Waals surface area contributed by atoms with Gasteiger partial charge in [-0.05, 0) is 187 Å². The van der Waals surface area contributed by atoms with Crippen molar-refractivity contribution in [2.24, 2.45) is 5.92 Å². The highest BCUT2D eigenvalue weighted by molar-refractivity contribution is 7.91. The summed E-state index contributed by atoms with van der Waals surface area (Å²) < 4.78 is 51.5. The molecular formula is C73H97F2N15O10S4. The van der Waals surface area contributed by atoms with Crippen LogP contribution >= 0.6 is 34.0 Å². The molecule has 2 aliphatic carbocycles. The second-order valence-corrected chi connectivity index (χ2v) is 34.9. The first kappa shape index (κ1) is 77.4. The van der Waals surface area contributed by atoms with Gasteiger partial charge in [0.25, 0.3) is 41.4 Å². The van der Waals surface area contributed by atoms with Crippen LogP contribution < -0.4 is 26.6 Å². The Labute approximate surface area is 618 Å². The molecule has 5 saturated heterocycles. The Morgan fingerprint density at radius 1 is 0.625 bits per heavy atom. The molecule has 0 spiro atoms. The lowest BCUT2D eigenvalue weighted by Gasteiger charge is -2.37. The lowest BCUT2D eigenvalue weighted by molar-refractivity contribution is 0.0117. The van der Waals surface area contributed by atoms with Gasteiger partial charge in [0, 0.05) is 116 Å². The highest BCUT2D eigenvalue weighted by Gasteiger charge is 2.48. The van der Waals surface area contributed by atoms with Crippen LogP contribution in [-0.4, -0.2) is 214 Å². The largest absolute Gasteiger partial charge is 0.394 e. The van der Waals surface area contributed by atoms with Gasteiger partial charge in [0.1, 0.15) is 34.5 Å². The van der Waals surface area contributed by atoms with Crippen LogP contribution in [0.1, 0.15) is 216 Å². The Hall–Kier alpha value is -7.71. The minimum Gasteiger partial charge on any atom is -0.394 e. The molecule has 7 N–H and O–H groups in total. The first-order valence-electron chi connectivity index (χ1n) is 36.2. The number of aliphatic hydroxyl groups excluding tert-OH is 2. The van der Waals surface area contributed by atoms with Crippen molar-refractivity contribution >= 4 is 96.7 Å². The van der Waals surface area contributed by atoms with Gasteiger partial charge in [-0.2, -0.15) is 0 Å². The van der Waals surface area contributed by atoms with Crippen LogP contribution in [0.2, 0.25) is 0 Å². The summed E-state index contributed by atoms with van der Waals surface area (Å²) in [6.45, 7) is 21.4. The normalized spacial score (nSPS) is 22.1. The highest BCUT2D eigenvalue weighted by Crippen LogP contribution is 2.44. The van der Waals surface area contributed by atoms with Crippen molar-refractivity contribution in [1.82, 2.24) is 60.1 Å². The van der Waals surface area contributed by atoms with Crippen molar-refractivity contribution in [3.8, 4) is 31.3 Å². The van der Waals surface area contributed by atoms with Crippen LogP contribution in [0.3, 0.4) is 0 Å². The minimum absolute atomic E-state index is 0.0125. The van der Waals surface area contributed by atoms with Crippen molar-refractivity contribution in [1.29, 1.82) is 0 Å². The number of thiazole rings is 3. The van der Waals surface area contributed by atoms with Crippen molar-refractivity contribution in [2.75, 3.05) is 55.0 Å². The molecule has 6 amide bonds. The topological polar surface area (TPSA) is 327 Å². The fourth-order valence-electron chi connectivity index (χ4n) is 14.3. The molecule has 31 heteroatoms. The van der Waals surface area contributed by atoms with Crippen LogP contribution in [-0.2, 0) is 9.84 Å². The van der Waals surface area contributed by atoms with Crippen LogP contribution in [0.5, 0.6) is 0 Å². The molecule has 25 nitrogen and oxygen atoms in total. The van der Waals surface area contributed by atoms with Gasteiger partial charge in [-0.1, -0.05) is 6.92 Å². The highest BCUT2D eigenvalue weighted by atomic mass is 32.2. The molecule has 6 aromatic rings. The zero-order chi connectivity index (χ0) is 75.0. The van der Waals surface area contributed by atoms with E-state index in [-0.39, 0.29) is 106 Å². The number of halogens is 2. The van der Waals surface area contributed by atoms with E-state index >= 15 is 0 Å². The average Bonchev–Trinajstić information content (AvgIpc) is 1.59. The Morgan fingerprint density at radius 3 is 1.58 bits per heavy atom. The van der Waals surface area contributed by atoms with Crippen molar-refractivity contribution in [2.45, 2.75) is 231 Å². The van der Waals surface area contributed by atoms with Gasteiger partial charge in [0.2, 0.25) is 0 Å². The van der Waals surface area contributed by atoms with E-state index in [4.69, 9.17) is 0 Å². The van der Waals surface area contributed by atoms with Gasteiger partial charge in [-0.15, -0.1) is 34.0 Å². The summed E-state index contributed by atoms with van der Waals surface area (Å²) in [6.07, 6.45) is 17.2. The van der Waals surface area contributed by atoms with Gasteiger partial charge < -0.3 is 56.4 Å². The molecule has 5 aliphatic heterocycles. The Kier molecular flexibility index (Phi) is 23.9. The van der Waals surface area contributed by atoms with E-state index < -0.39 is 64.0 Å². The molecule has 2 saturated carbocycles. The number of nitrogens with zero attached hydrogens (tertiary/aromatic N) is 10. The van der Waals surface area contributed by atoms with Gasteiger partial charge in [0.15, 0.2) is 24.9 Å². The predicted molar refractivity (Wildman–Crippen MR) is 400 cm³/mol. The molecule has 0 radical (unpaired) electrons. The van der Waals surface area contributed by atoms with E-state index in [0.29, 0.717) is 56.6 Å². The number of aryl methyl sites for hydroxylation is 3. The first-order valence-corrected chi connectivity index (χ1v) is 40.6. The van der Waals surface area contributed by atoms with E-state index in [2.05, 4.69) is 70.3 Å². The summed E-state index contributed by atoms with van der Waals surface area (Å²) in [5.74, 6) is -2.12. The number of anilines is 3. The molecule has 2 bridgehead atoms. The fourth-order valence-corrected chi connectivity index (χ4v) is 18.4. The quantitative estimate of drug-likeness (QED) is 0.0352. The average molecular weight is 1510 g/mol. The monoisotopic (exact) mass is 1510 g/mol. The number of likely N-dealkylation sites (tertiary alicyclic amines) is 3. The van der Waals surface area contributed by atoms with E-state index in [0.717, 1.165) is 113 Å². The Morgan fingerprint density at radius 2 is 1.12 bits per heavy atom. The zero-order valence-electron chi connectivity index (χ0n) is 61.1. The maximum atomic E-state index is 14.0. The number of rotatable bonds is 21. The van der Waals surface area contributed by atoms with Crippen molar-refractivity contribution < 1.29 is 56.2 Å². The van der Waals surface area contributed by atoms with Gasteiger partial charge in [-0.3, -0.25) is 28.8 Å². The number of alkyl halides is 2. The molecule has 6 aromatic heterocycles. The summed E-state index contributed by atoms with van der Waals surface area (Å²) >= 11 is 3.42. The summed E-state index contributed by atoms with van der Waals surface area (Å²) in [5.41, 5.74) is 5.48. The number of pyridine rings is 3. The maximum absolute atomic E-state index is 14.0. The fraction of sp³-hybridized carbons (Fsp3) is 0.589. The van der Waals surface area contributed by atoms with Gasteiger partial charge in [-0.25, -0.2) is 47.1 Å². The lowest BCUT2D eigenvalue weighted by atomic mass is 10.0. The van der Waals surface area contributed by atoms with Crippen LogP contribution in [0.15, 0.2) is 36.8 Å². The molecule has 7 atom stereocenters. The number of aromatic nitrogens is 6. The number of hydrogen-bond acceptors (Lipinski definition) is 22. The number of hydrogen-bond donors (Lipinski definition) is 7. The van der Waals surface area contributed by atoms with Crippen LogP contribution in [0.4, 0.5) is 26.2 Å². The number of fused-ring (bicyclic) bond motifs is 2. The summed E-state index contributed by atoms with van der Waals surface area (Å²) in [4.78, 5) is 115. The van der Waals surface area contributed by atoms with Gasteiger partial charge >= 0.3 is 0 Å². The third-order valence-corrected chi connectivity index (χ3v) is 25.5. The van der Waals surface area contributed by atoms with E-state index in [1.54, 1.807) is 26.2 Å². The first-order chi connectivity index (χ1) is 49.3. The van der Waals surface area contributed by atoms with E-state index in [9.17, 15) is 56.2 Å². The molecule has 11 heterocycles. The second-order valence-electron chi connectivity index (χ2n) is 29.6. The molecule has 0 aromatic carbocycles. The minimum atomic E-state index is -3.20. The predicted octanol–water partition coefficient (Wildman–Crippen LogP) is 10.7. The number of nitrogens with one attached hydrogen (secondary N) is 5. The number of carbonyl (C=O) groups is 6. The zero-order valence-corrected chi connectivity index (χ0v) is 64.4. The molecule has 13 rings (SSSR count). The number of amides is 6. The molecule has 7 aliphatic rings. The number of carbonyl (C=O) groups excluding carboxylic acids is 6. The van der Waals surface area contributed by atoms with Crippen molar-refractivity contribution in [3.63, 3.8) is 0 Å². The van der Waals surface area contributed by atoms with E-state index in [1.165, 1.54) is 46.7 Å².